The van der Waals surface area contributed by atoms with Gasteiger partial charge < -0.3 is 19.7 Å². The SMILES string of the molecule is Cc1cnc(NC(=O)Nc2cc(Br)c(C)cc2OC[C@@H]2CN(C(=O)CCCCCCCc3ccc(C(=O)CCC(C)(C)C4Cc5ccc(N=O)cc5C5C=CCC54)cc3)CCO2)cn1. The fourth-order valence-electron chi connectivity index (χ4n) is 9.55. The molecule has 2 heterocycles. The Hall–Kier alpha value is -5.27. The maximum Gasteiger partial charge on any atom is 0.325 e. The van der Waals surface area contributed by atoms with Gasteiger partial charge in [-0.2, -0.15) is 0 Å². The molecule has 3 aromatic carbocycles. The van der Waals surface area contributed by atoms with E-state index in [4.69, 9.17) is 9.47 Å². The lowest BCUT2D eigenvalue weighted by Gasteiger charge is -2.45. The lowest BCUT2D eigenvalue weighted by Crippen LogP contribution is -2.47. The van der Waals surface area contributed by atoms with E-state index in [2.05, 4.69) is 85.9 Å². The highest BCUT2D eigenvalue weighted by Gasteiger charge is 2.44. The number of aryl methyl sites for hydroxylation is 3. The highest BCUT2D eigenvalue weighted by molar-refractivity contribution is 9.10. The van der Waals surface area contributed by atoms with E-state index in [1.807, 2.05) is 49.1 Å². The predicted molar refractivity (Wildman–Crippen MR) is 254 cm³/mol. The number of urea groups is 1. The van der Waals surface area contributed by atoms with Crippen LogP contribution in [-0.2, 0) is 22.4 Å². The van der Waals surface area contributed by atoms with Crippen LogP contribution in [0.3, 0.4) is 0 Å². The minimum Gasteiger partial charge on any atom is -0.489 e. The van der Waals surface area contributed by atoms with Crippen LogP contribution in [0.1, 0.15) is 116 Å². The van der Waals surface area contributed by atoms with Crippen LogP contribution in [-0.4, -0.2) is 65.0 Å². The number of carbonyl (C=O) groups is 3. The van der Waals surface area contributed by atoms with Gasteiger partial charge in [-0.1, -0.05) is 91.5 Å². The van der Waals surface area contributed by atoms with E-state index in [1.54, 1.807) is 12.3 Å². The van der Waals surface area contributed by atoms with Crippen LogP contribution in [0, 0.1) is 36.0 Å². The van der Waals surface area contributed by atoms with E-state index in [1.165, 1.54) is 22.9 Å². The zero-order valence-electron chi connectivity index (χ0n) is 37.5. The number of unbranched alkanes of at least 4 members (excludes halogenated alkanes) is 4. The van der Waals surface area contributed by atoms with Crippen molar-refractivity contribution in [1.82, 2.24) is 14.9 Å². The van der Waals surface area contributed by atoms with Crippen LogP contribution in [0.4, 0.5) is 22.0 Å². The first-order valence-electron chi connectivity index (χ1n) is 22.8. The number of anilines is 2. The summed E-state index contributed by atoms with van der Waals surface area (Å²) < 4.78 is 13.0. The lowest BCUT2D eigenvalue weighted by atomic mass is 9.59. The molecule has 2 aliphatic carbocycles. The number of morpholine rings is 1. The Morgan fingerprint density at radius 1 is 0.953 bits per heavy atom. The molecule has 0 radical (unpaired) electrons. The molecule has 4 aromatic rings. The van der Waals surface area contributed by atoms with Crippen molar-refractivity contribution in [3.8, 4) is 5.75 Å². The molecule has 4 atom stereocenters. The molecule has 7 rings (SSSR count). The third kappa shape index (κ3) is 12.1. The Morgan fingerprint density at radius 3 is 2.53 bits per heavy atom. The van der Waals surface area contributed by atoms with Gasteiger partial charge in [0.1, 0.15) is 24.1 Å². The summed E-state index contributed by atoms with van der Waals surface area (Å²) in [4.78, 5) is 60.8. The maximum atomic E-state index is 13.4. The van der Waals surface area contributed by atoms with Crippen LogP contribution < -0.4 is 15.4 Å². The summed E-state index contributed by atoms with van der Waals surface area (Å²) in [6, 6.07) is 17.2. The Labute approximate surface area is 385 Å². The number of aromatic nitrogens is 2. The van der Waals surface area contributed by atoms with Crippen LogP contribution in [0.25, 0.3) is 0 Å². The van der Waals surface area contributed by atoms with Crippen molar-refractivity contribution in [3.63, 3.8) is 0 Å². The Balaban J connectivity index is 0.778. The first-order valence-corrected chi connectivity index (χ1v) is 23.6. The molecule has 3 unspecified atom stereocenters. The number of fused-ring (bicyclic) bond motifs is 3. The van der Waals surface area contributed by atoms with E-state index in [9.17, 15) is 19.3 Å². The first kappa shape index (κ1) is 46.7. The van der Waals surface area contributed by atoms with E-state index < -0.39 is 6.03 Å². The number of nitrogens with zero attached hydrogens (tertiary/aromatic N) is 4. The largest absolute Gasteiger partial charge is 0.489 e. The molecule has 13 heteroatoms. The zero-order valence-corrected chi connectivity index (χ0v) is 39.1. The predicted octanol–water partition coefficient (Wildman–Crippen LogP) is 11.6. The summed E-state index contributed by atoms with van der Waals surface area (Å²) in [6.07, 6.45) is 17.3. The second-order valence-electron chi connectivity index (χ2n) is 18.4. The van der Waals surface area contributed by atoms with Crippen molar-refractivity contribution in [3.05, 3.63) is 122 Å². The lowest BCUT2D eigenvalue weighted by molar-refractivity contribution is -0.140. The Bertz CT molecular complexity index is 2320. The third-order valence-electron chi connectivity index (χ3n) is 13.3. The average Bonchev–Trinajstić information content (AvgIpc) is 3.80. The summed E-state index contributed by atoms with van der Waals surface area (Å²) >= 11 is 3.54. The van der Waals surface area contributed by atoms with Gasteiger partial charge in [-0.15, -0.1) is 4.91 Å². The van der Waals surface area contributed by atoms with Crippen LogP contribution >= 0.6 is 15.9 Å². The molecule has 3 aliphatic rings. The highest BCUT2D eigenvalue weighted by atomic mass is 79.9. The van der Waals surface area contributed by atoms with Crippen molar-refractivity contribution >= 4 is 50.8 Å². The molecule has 64 heavy (non-hydrogen) atoms. The maximum absolute atomic E-state index is 13.4. The van der Waals surface area contributed by atoms with Gasteiger partial charge in [0.25, 0.3) is 0 Å². The molecule has 1 fully saturated rings. The normalized spacial score (nSPS) is 19.1. The van der Waals surface area contributed by atoms with E-state index >= 15 is 0 Å². The number of ether oxygens (including phenoxy) is 2. The number of hydrogen-bond donors (Lipinski definition) is 2. The zero-order chi connectivity index (χ0) is 45.2. The fraction of sp³-hybridized carbons (Fsp3) is 0.471. The van der Waals surface area contributed by atoms with Gasteiger partial charge in [0.15, 0.2) is 11.6 Å². The molecule has 3 amide bonds. The molecule has 1 saturated heterocycles. The van der Waals surface area contributed by atoms with Crippen molar-refractivity contribution in [2.24, 2.45) is 22.4 Å². The minimum atomic E-state index is -0.478. The number of Topliss-reactive ketones (excluding diaryl/α,β-unsaturated/α-hetero) is 1. The summed E-state index contributed by atoms with van der Waals surface area (Å²) in [6.45, 7) is 10.1. The van der Waals surface area contributed by atoms with E-state index in [-0.39, 0.29) is 29.8 Å². The van der Waals surface area contributed by atoms with Gasteiger partial charge in [0.05, 0.1) is 36.9 Å². The smallest absolute Gasteiger partial charge is 0.325 e. The number of carbonyl (C=O) groups excluding carboxylic acids is 3. The number of hydrogen-bond acceptors (Lipinski definition) is 9. The topological polar surface area (TPSA) is 152 Å². The minimum absolute atomic E-state index is 0.00823. The van der Waals surface area contributed by atoms with Crippen LogP contribution in [0.2, 0.25) is 0 Å². The van der Waals surface area contributed by atoms with Gasteiger partial charge in [0.2, 0.25) is 5.91 Å². The fourth-order valence-corrected chi connectivity index (χ4v) is 9.89. The van der Waals surface area contributed by atoms with Gasteiger partial charge in [-0.3, -0.25) is 19.9 Å². The van der Waals surface area contributed by atoms with Crippen LogP contribution in [0.15, 0.2) is 88.8 Å². The second-order valence-corrected chi connectivity index (χ2v) is 19.2. The molecule has 1 aromatic heterocycles. The van der Waals surface area contributed by atoms with Crippen molar-refractivity contribution in [1.29, 1.82) is 0 Å². The number of amides is 3. The van der Waals surface area contributed by atoms with Crippen molar-refractivity contribution in [2.45, 2.75) is 110 Å². The van der Waals surface area contributed by atoms with Gasteiger partial charge in [0, 0.05) is 35.3 Å². The van der Waals surface area contributed by atoms with Crippen LogP contribution in [0.5, 0.6) is 5.75 Å². The highest BCUT2D eigenvalue weighted by Crippen LogP contribution is 2.53. The summed E-state index contributed by atoms with van der Waals surface area (Å²) in [7, 11) is 0. The van der Waals surface area contributed by atoms with Gasteiger partial charge in [-0.05, 0) is 121 Å². The van der Waals surface area contributed by atoms with Gasteiger partial charge in [-0.25, -0.2) is 9.78 Å². The molecule has 338 valence electrons. The number of nitroso groups, excluding NO2 is 1. The number of benzene rings is 3. The number of rotatable bonds is 19. The van der Waals surface area contributed by atoms with Crippen molar-refractivity contribution < 1.29 is 23.9 Å². The average molecular weight is 934 g/mol. The Morgan fingerprint density at radius 2 is 1.75 bits per heavy atom. The molecule has 1 aliphatic heterocycles. The number of nitrogens with one attached hydrogen (secondary N) is 2. The summed E-state index contributed by atoms with van der Waals surface area (Å²) in [5.74, 6) is 2.40. The molecule has 2 N–H and O–H groups in total. The first-order chi connectivity index (χ1) is 30.9. The number of ketones is 1. The number of halogens is 1. The second kappa shape index (κ2) is 21.6. The summed E-state index contributed by atoms with van der Waals surface area (Å²) in [5, 5.41) is 8.70. The quantitative estimate of drug-likeness (QED) is 0.0408. The Kier molecular flexibility index (Phi) is 15.8. The standard InChI is InChI=1S/C51H61BrN6O6/c1-33-25-47(45(28-44(33)52)55-50(61)56-48-30-53-34(2)29-54-48)64-32-39-31-58(23-24-63-39)49(60)14-9-7-5-6-8-11-35-15-17-36(18-16-35)46(59)21-22-51(3,4)43-26-37-19-20-38(57-62)27-42(37)40-12-10-13-41(40)43/h10,12,15-20,25,27-30,39-41,43H,5-9,11,13-14,21-24,26,31-32H2,1-4H3,(H2,54,55,56,61)/t39-,40?,41?,43?/m0/s1. The van der Waals surface area contributed by atoms with Crippen molar-refractivity contribution in [2.75, 3.05) is 36.9 Å². The molecular weight excluding hydrogens is 873 g/mol. The van der Waals surface area contributed by atoms with Gasteiger partial charge >= 0.3 is 6.03 Å². The molecule has 0 spiro atoms. The molecule has 12 nitrogen and oxygen atoms in total. The number of allylic oxidation sites excluding steroid dienone is 2. The third-order valence-corrected chi connectivity index (χ3v) is 14.2. The molecule has 0 saturated carbocycles. The summed E-state index contributed by atoms with van der Waals surface area (Å²) in [5.41, 5.74) is 7.23. The van der Waals surface area contributed by atoms with E-state index in [0.29, 0.717) is 73.2 Å². The molecular formula is C51H61BrN6O6. The molecule has 0 bridgehead atoms. The van der Waals surface area contributed by atoms with E-state index in [0.717, 1.165) is 79.1 Å². The monoisotopic (exact) mass is 932 g/mol.